The molecule has 1 rings (SSSR count). The zero-order valence-corrected chi connectivity index (χ0v) is 9.09. The molecule has 4 heteroatoms. The summed E-state index contributed by atoms with van der Waals surface area (Å²) in [4.78, 5) is 13.9. The Kier molecular flexibility index (Phi) is 4.46. The standard InChI is InChI=1S/C12H13FN2O/c1-3-9-4-5-10(11(13)6-9)7-15-12(16)8-14-2/h4-6H,3,7-8H2,1H3,(H,15,16). The summed E-state index contributed by atoms with van der Waals surface area (Å²) in [6.45, 7) is 8.37. The molecule has 0 saturated carbocycles. The summed E-state index contributed by atoms with van der Waals surface area (Å²) in [5.74, 6) is -0.698. The fourth-order valence-corrected chi connectivity index (χ4v) is 1.28. The molecular formula is C12H13FN2O. The summed E-state index contributed by atoms with van der Waals surface area (Å²) in [5.41, 5.74) is 1.37. The van der Waals surface area contributed by atoms with Gasteiger partial charge in [0.15, 0.2) is 0 Å². The van der Waals surface area contributed by atoms with E-state index in [1.165, 1.54) is 6.07 Å². The zero-order chi connectivity index (χ0) is 12.0. The van der Waals surface area contributed by atoms with Crippen molar-refractivity contribution in [1.29, 1.82) is 0 Å². The number of carbonyl (C=O) groups is 1. The van der Waals surface area contributed by atoms with E-state index in [9.17, 15) is 9.18 Å². The molecule has 0 bridgehead atoms. The summed E-state index contributed by atoms with van der Waals surface area (Å²) < 4.78 is 13.5. The Bertz CT molecular complexity index is 424. The lowest BCUT2D eigenvalue weighted by Crippen LogP contribution is -2.24. The molecule has 0 heterocycles. The molecule has 0 saturated heterocycles. The predicted octanol–water partition coefficient (Wildman–Crippen LogP) is 1.92. The maximum atomic E-state index is 13.5. The minimum atomic E-state index is -0.381. The van der Waals surface area contributed by atoms with E-state index < -0.39 is 0 Å². The van der Waals surface area contributed by atoms with Gasteiger partial charge in [-0.2, -0.15) is 0 Å². The fraction of sp³-hybridized carbons (Fsp3) is 0.333. The number of benzene rings is 1. The van der Waals surface area contributed by atoms with Crippen molar-refractivity contribution in [3.05, 3.63) is 46.6 Å². The summed E-state index contributed by atoms with van der Waals surface area (Å²) in [6, 6.07) is 4.96. The van der Waals surface area contributed by atoms with Crippen molar-refractivity contribution in [2.45, 2.75) is 19.9 Å². The molecule has 0 fully saturated rings. The van der Waals surface area contributed by atoms with Crippen LogP contribution in [-0.4, -0.2) is 12.5 Å². The summed E-state index contributed by atoms with van der Waals surface area (Å²) in [6.07, 6.45) is 0.779. The lowest BCUT2D eigenvalue weighted by atomic mass is 10.1. The van der Waals surface area contributed by atoms with Crippen LogP contribution >= 0.6 is 0 Å². The van der Waals surface area contributed by atoms with Gasteiger partial charge < -0.3 is 10.2 Å². The first-order chi connectivity index (χ1) is 7.67. The molecule has 0 aromatic heterocycles. The first-order valence-corrected chi connectivity index (χ1v) is 5.04. The van der Waals surface area contributed by atoms with Crippen LogP contribution in [-0.2, 0) is 17.8 Å². The first kappa shape index (κ1) is 12.2. The van der Waals surface area contributed by atoms with Crippen LogP contribution in [0.25, 0.3) is 4.85 Å². The molecule has 84 valence electrons. The summed E-state index contributed by atoms with van der Waals surface area (Å²) in [5, 5.41) is 2.49. The number of nitrogens with zero attached hydrogens (tertiary/aromatic N) is 1. The number of carbonyl (C=O) groups excluding carboxylic acids is 1. The first-order valence-electron chi connectivity index (χ1n) is 5.04. The Hall–Kier alpha value is -1.89. The SMILES string of the molecule is [C-]#[N+]CC(=O)NCc1ccc(CC)cc1F. The van der Waals surface area contributed by atoms with Crippen molar-refractivity contribution in [2.75, 3.05) is 6.54 Å². The molecule has 1 amide bonds. The Labute approximate surface area is 94.1 Å². The largest absolute Gasteiger partial charge is 0.345 e. The number of nitrogens with one attached hydrogen (secondary N) is 1. The number of halogens is 1. The van der Waals surface area contributed by atoms with E-state index in [0.717, 1.165) is 12.0 Å². The number of amides is 1. The van der Waals surface area contributed by atoms with Gasteiger partial charge in [-0.05, 0) is 18.1 Å². The van der Waals surface area contributed by atoms with E-state index >= 15 is 0 Å². The van der Waals surface area contributed by atoms with Crippen molar-refractivity contribution in [1.82, 2.24) is 5.32 Å². The van der Waals surface area contributed by atoms with Crippen molar-refractivity contribution >= 4 is 5.91 Å². The van der Waals surface area contributed by atoms with Gasteiger partial charge in [-0.15, -0.1) is 0 Å². The molecule has 1 N–H and O–H groups in total. The second-order valence-corrected chi connectivity index (χ2v) is 3.37. The van der Waals surface area contributed by atoms with Gasteiger partial charge in [-0.1, -0.05) is 19.1 Å². The molecule has 0 aliphatic carbocycles. The van der Waals surface area contributed by atoms with Gasteiger partial charge in [0, 0.05) is 12.1 Å². The van der Waals surface area contributed by atoms with Gasteiger partial charge in [0.2, 0.25) is 0 Å². The van der Waals surface area contributed by atoms with Crippen LogP contribution in [0, 0.1) is 12.4 Å². The second kappa shape index (κ2) is 5.86. The molecule has 0 radical (unpaired) electrons. The molecule has 1 aromatic rings. The quantitative estimate of drug-likeness (QED) is 0.773. The highest BCUT2D eigenvalue weighted by atomic mass is 19.1. The number of aryl methyl sites for hydroxylation is 1. The van der Waals surface area contributed by atoms with E-state index in [4.69, 9.17) is 6.57 Å². The van der Waals surface area contributed by atoms with Crippen LogP contribution in [0.15, 0.2) is 18.2 Å². The topological polar surface area (TPSA) is 33.5 Å². The third kappa shape index (κ3) is 3.35. The highest BCUT2D eigenvalue weighted by Gasteiger charge is 2.06. The average Bonchev–Trinajstić information content (AvgIpc) is 2.27. The molecule has 16 heavy (non-hydrogen) atoms. The van der Waals surface area contributed by atoms with Crippen LogP contribution in [0.5, 0.6) is 0 Å². The number of hydrogen-bond donors (Lipinski definition) is 1. The lowest BCUT2D eigenvalue weighted by Gasteiger charge is -2.05. The third-order valence-corrected chi connectivity index (χ3v) is 2.22. The van der Waals surface area contributed by atoms with Crippen LogP contribution < -0.4 is 5.32 Å². The summed E-state index contributed by atoms with van der Waals surface area (Å²) >= 11 is 0. The van der Waals surface area contributed by atoms with E-state index in [0.29, 0.717) is 5.56 Å². The van der Waals surface area contributed by atoms with Gasteiger partial charge in [0.05, 0.1) is 0 Å². The second-order valence-electron chi connectivity index (χ2n) is 3.37. The minimum absolute atomic E-state index is 0.129. The van der Waals surface area contributed by atoms with Crippen molar-refractivity contribution in [3.63, 3.8) is 0 Å². The maximum Gasteiger partial charge on any atom is 0.300 e. The van der Waals surface area contributed by atoms with Gasteiger partial charge in [0.1, 0.15) is 5.82 Å². The van der Waals surface area contributed by atoms with E-state index in [-0.39, 0.29) is 24.8 Å². The number of rotatable bonds is 4. The Morgan fingerprint density at radius 3 is 2.88 bits per heavy atom. The minimum Gasteiger partial charge on any atom is -0.345 e. The summed E-state index contributed by atoms with van der Waals surface area (Å²) in [7, 11) is 0. The van der Waals surface area contributed by atoms with Gasteiger partial charge in [0.25, 0.3) is 12.5 Å². The van der Waals surface area contributed by atoms with E-state index in [1.54, 1.807) is 6.07 Å². The average molecular weight is 220 g/mol. The van der Waals surface area contributed by atoms with Crippen LogP contribution in [0.4, 0.5) is 4.39 Å². The van der Waals surface area contributed by atoms with Crippen LogP contribution in [0.3, 0.4) is 0 Å². The van der Waals surface area contributed by atoms with Gasteiger partial charge >= 0.3 is 0 Å². The smallest absolute Gasteiger partial charge is 0.300 e. The lowest BCUT2D eigenvalue weighted by molar-refractivity contribution is -0.119. The normalized spacial score (nSPS) is 9.56. The van der Waals surface area contributed by atoms with E-state index in [1.807, 2.05) is 13.0 Å². The third-order valence-electron chi connectivity index (χ3n) is 2.22. The van der Waals surface area contributed by atoms with E-state index in [2.05, 4.69) is 10.2 Å². The molecule has 0 aliphatic rings. The predicted molar refractivity (Wildman–Crippen MR) is 59.1 cm³/mol. The van der Waals surface area contributed by atoms with Gasteiger partial charge in [-0.3, -0.25) is 4.79 Å². The van der Waals surface area contributed by atoms with Crippen molar-refractivity contribution < 1.29 is 9.18 Å². The van der Waals surface area contributed by atoms with Crippen LogP contribution in [0.2, 0.25) is 0 Å². The molecule has 3 nitrogen and oxygen atoms in total. The molecule has 0 aliphatic heterocycles. The van der Waals surface area contributed by atoms with Crippen LogP contribution in [0.1, 0.15) is 18.1 Å². The van der Waals surface area contributed by atoms with Gasteiger partial charge in [-0.25, -0.2) is 11.0 Å². The highest BCUT2D eigenvalue weighted by Crippen LogP contribution is 2.10. The maximum absolute atomic E-state index is 13.5. The van der Waals surface area contributed by atoms with Crippen molar-refractivity contribution in [3.8, 4) is 0 Å². The number of hydrogen-bond acceptors (Lipinski definition) is 1. The highest BCUT2D eigenvalue weighted by molar-refractivity contribution is 5.79. The Morgan fingerprint density at radius 1 is 1.56 bits per heavy atom. The molecule has 1 aromatic carbocycles. The molecule has 0 unspecified atom stereocenters. The fourth-order valence-electron chi connectivity index (χ4n) is 1.28. The zero-order valence-electron chi connectivity index (χ0n) is 9.09. The molecule has 0 spiro atoms. The molecule has 0 atom stereocenters. The molecular weight excluding hydrogens is 207 g/mol. The van der Waals surface area contributed by atoms with Crippen molar-refractivity contribution in [2.24, 2.45) is 0 Å². The monoisotopic (exact) mass is 220 g/mol. The Morgan fingerprint density at radius 2 is 2.31 bits per heavy atom. The Balaban J connectivity index is 2.61.